The first-order valence-electron chi connectivity index (χ1n) is 17.1. The fourth-order valence-electron chi connectivity index (χ4n) is 7.02. The predicted molar refractivity (Wildman–Crippen MR) is 214 cm³/mol. The largest absolute Gasteiger partial charge is 0.310 e. The summed E-state index contributed by atoms with van der Waals surface area (Å²) in [5, 5.41) is 7.38. The minimum Gasteiger partial charge on any atom is -0.310 e. The number of para-hydroxylation sites is 1. The second-order valence-electron chi connectivity index (χ2n) is 12.7. The lowest BCUT2D eigenvalue weighted by atomic mass is 10.0. The first kappa shape index (κ1) is 29.5. The van der Waals surface area contributed by atoms with Crippen LogP contribution in [0.25, 0.3) is 43.4 Å². The molecular weight excluding hydrogens is 605 g/mol. The lowest BCUT2D eigenvalue weighted by Crippen LogP contribution is -2.10. The van der Waals surface area contributed by atoms with Crippen LogP contribution in [0.1, 0.15) is 0 Å². The summed E-state index contributed by atoms with van der Waals surface area (Å²) in [5.41, 5.74) is 9.10. The Morgan fingerprint density at radius 2 is 0.480 bits per heavy atom. The standard InChI is InChI=1S/C48H34N2/c1-2-16-43(17-3-1)49(46-29-22-35-10-4-7-13-40(35)32-46)44-25-18-38(19-26-44)39-20-27-45(28-21-39)50(47-30-23-36-11-5-8-14-41(36)33-47)48-31-24-37-12-6-9-15-42(37)34-48/h1-34H. The maximum atomic E-state index is 2.35. The van der Waals surface area contributed by atoms with Crippen molar-refractivity contribution in [3.05, 3.63) is 206 Å². The molecule has 0 aliphatic carbocycles. The molecule has 0 aliphatic rings. The van der Waals surface area contributed by atoms with Gasteiger partial charge >= 0.3 is 0 Å². The molecule has 0 aliphatic heterocycles. The van der Waals surface area contributed by atoms with Crippen molar-refractivity contribution in [2.75, 3.05) is 9.80 Å². The SMILES string of the molecule is c1ccc(N(c2ccc(-c3ccc(N(c4ccc5ccccc5c4)c4ccc5ccccc5c4)cc3)cc2)c2ccc3ccccc3c2)cc1. The molecule has 2 nitrogen and oxygen atoms in total. The Bertz CT molecular complexity index is 2510. The van der Waals surface area contributed by atoms with Crippen LogP contribution >= 0.6 is 0 Å². The van der Waals surface area contributed by atoms with Gasteiger partial charge in [0.15, 0.2) is 0 Å². The second kappa shape index (κ2) is 12.8. The van der Waals surface area contributed by atoms with Crippen molar-refractivity contribution in [1.29, 1.82) is 0 Å². The Labute approximate surface area is 292 Å². The number of benzene rings is 9. The molecular formula is C48H34N2. The Morgan fingerprint density at radius 1 is 0.200 bits per heavy atom. The van der Waals surface area contributed by atoms with Crippen LogP contribution in [-0.2, 0) is 0 Å². The summed E-state index contributed by atoms with van der Waals surface area (Å²) in [7, 11) is 0. The third kappa shape index (κ3) is 5.63. The molecule has 0 N–H and O–H groups in total. The Kier molecular flexibility index (Phi) is 7.53. The molecule has 0 saturated carbocycles. The normalized spacial score (nSPS) is 11.2. The number of nitrogens with zero attached hydrogens (tertiary/aromatic N) is 2. The van der Waals surface area contributed by atoms with Gasteiger partial charge in [-0.3, -0.25) is 0 Å². The van der Waals surface area contributed by atoms with E-state index in [9.17, 15) is 0 Å². The Morgan fingerprint density at radius 3 is 0.860 bits per heavy atom. The summed E-state index contributed by atoms with van der Waals surface area (Å²) in [5.74, 6) is 0. The molecule has 0 atom stereocenters. The highest BCUT2D eigenvalue weighted by atomic mass is 15.1. The van der Waals surface area contributed by atoms with E-state index in [2.05, 4.69) is 216 Å². The molecule has 2 heteroatoms. The zero-order valence-electron chi connectivity index (χ0n) is 27.5. The molecule has 9 aromatic carbocycles. The van der Waals surface area contributed by atoms with Gasteiger partial charge in [0.1, 0.15) is 0 Å². The van der Waals surface area contributed by atoms with Gasteiger partial charge in [0.25, 0.3) is 0 Å². The van der Waals surface area contributed by atoms with Crippen molar-refractivity contribution in [2.24, 2.45) is 0 Å². The predicted octanol–water partition coefficient (Wildman–Crippen LogP) is 13.8. The van der Waals surface area contributed by atoms with Gasteiger partial charge in [-0.15, -0.1) is 0 Å². The third-order valence-electron chi connectivity index (χ3n) is 9.57. The Hall–Kier alpha value is -6.64. The summed E-state index contributed by atoms with van der Waals surface area (Å²) < 4.78 is 0. The minimum absolute atomic E-state index is 1.11. The molecule has 0 heterocycles. The van der Waals surface area contributed by atoms with Crippen LogP contribution in [0.4, 0.5) is 34.1 Å². The minimum atomic E-state index is 1.11. The number of rotatable bonds is 7. The number of anilines is 6. The van der Waals surface area contributed by atoms with Crippen molar-refractivity contribution in [3.8, 4) is 11.1 Å². The van der Waals surface area contributed by atoms with E-state index in [1.54, 1.807) is 0 Å². The second-order valence-corrected chi connectivity index (χ2v) is 12.7. The maximum Gasteiger partial charge on any atom is 0.0468 e. The van der Waals surface area contributed by atoms with Crippen LogP contribution in [0.15, 0.2) is 206 Å². The van der Waals surface area contributed by atoms with Gasteiger partial charge in [0, 0.05) is 34.1 Å². The van der Waals surface area contributed by atoms with Crippen LogP contribution in [0.2, 0.25) is 0 Å². The molecule has 0 bridgehead atoms. The fraction of sp³-hybridized carbons (Fsp3) is 0. The zero-order chi connectivity index (χ0) is 33.3. The molecule has 236 valence electrons. The van der Waals surface area contributed by atoms with E-state index in [-0.39, 0.29) is 0 Å². The molecule has 0 radical (unpaired) electrons. The first-order valence-corrected chi connectivity index (χ1v) is 17.1. The molecule has 9 rings (SSSR count). The summed E-state index contributed by atoms with van der Waals surface area (Å²) in [6.45, 7) is 0. The van der Waals surface area contributed by atoms with Crippen LogP contribution < -0.4 is 9.80 Å². The van der Waals surface area contributed by atoms with Crippen molar-refractivity contribution in [1.82, 2.24) is 0 Å². The molecule has 0 spiro atoms. The van der Waals surface area contributed by atoms with Crippen LogP contribution in [0.5, 0.6) is 0 Å². The summed E-state index contributed by atoms with van der Waals surface area (Å²) in [6.07, 6.45) is 0. The monoisotopic (exact) mass is 638 g/mol. The number of fused-ring (bicyclic) bond motifs is 3. The summed E-state index contributed by atoms with van der Waals surface area (Å²) in [6, 6.07) is 74.2. The fourth-order valence-corrected chi connectivity index (χ4v) is 7.02. The van der Waals surface area contributed by atoms with E-state index in [1.807, 2.05) is 0 Å². The van der Waals surface area contributed by atoms with Crippen LogP contribution in [0.3, 0.4) is 0 Å². The van der Waals surface area contributed by atoms with E-state index in [0.717, 1.165) is 34.1 Å². The van der Waals surface area contributed by atoms with Crippen molar-refractivity contribution >= 4 is 66.4 Å². The molecule has 0 fully saturated rings. The average Bonchev–Trinajstić information content (AvgIpc) is 3.19. The van der Waals surface area contributed by atoms with E-state index in [4.69, 9.17) is 0 Å². The van der Waals surface area contributed by atoms with Crippen LogP contribution in [-0.4, -0.2) is 0 Å². The summed E-state index contributed by atoms with van der Waals surface area (Å²) >= 11 is 0. The van der Waals surface area contributed by atoms with E-state index in [0.29, 0.717) is 0 Å². The van der Waals surface area contributed by atoms with Gasteiger partial charge < -0.3 is 9.80 Å². The number of hydrogen-bond acceptors (Lipinski definition) is 2. The van der Waals surface area contributed by atoms with E-state index < -0.39 is 0 Å². The highest BCUT2D eigenvalue weighted by Crippen LogP contribution is 2.40. The highest BCUT2D eigenvalue weighted by molar-refractivity contribution is 5.93. The van der Waals surface area contributed by atoms with Gasteiger partial charge in [-0.25, -0.2) is 0 Å². The highest BCUT2D eigenvalue weighted by Gasteiger charge is 2.16. The molecule has 9 aromatic rings. The van der Waals surface area contributed by atoms with E-state index in [1.165, 1.54) is 43.4 Å². The quantitative estimate of drug-likeness (QED) is 0.171. The van der Waals surface area contributed by atoms with Crippen molar-refractivity contribution in [3.63, 3.8) is 0 Å². The maximum absolute atomic E-state index is 2.35. The van der Waals surface area contributed by atoms with Gasteiger partial charge in [0.2, 0.25) is 0 Å². The van der Waals surface area contributed by atoms with Crippen molar-refractivity contribution in [2.45, 2.75) is 0 Å². The number of hydrogen-bond donors (Lipinski definition) is 0. The molecule has 0 saturated heterocycles. The Balaban J connectivity index is 1.07. The molecule has 0 aromatic heterocycles. The third-order valence-corrected chi connectivity index (χ3v) is 9.57. The van der Waals surface area contributed by atoms with Gasteiger partial charge in [-0.05, 0) is 116 Å². The molecule has 0 amide bonds. The average molecular weight is 639 g/mol. The lowest BCUT2D eigenvalue weighted by Gasteiger charge is -2.27. The smallest absolute Gasteiger partial charge is 0.0468 e. The van der Waals surface area contributed by atoms with Gasteiger partial charge in [0.05, 0.1) is 0 Å². The first-order chi connectivity index (χ1) is 24.8. The van der Waals surface area contributed by atoms with Gasteiger partial charge in [-0.2, -0.15) is 0 Å². The zero-order valence-corrected chi connectivity index (χ0v) is 27.5. The topological polar surface area (TPSA) is 6.48 Å². The summed E-state index contributed by atoms with van der Waals surface area (Å²) in [4.78, 5) is 4.68. The van der Waals surface area contributed by atoms with E-state index >= 15 is 0 Å². The molecule has 50 heavy (non-hydrogen) atoms. The molecule has 0 unspecified atom stereocenters. The van der Waals surface area contributed by atoms with Gasteiger partial charge in [-0.1, -0.05) is 133 Å². The van der Waals surface area contributed by atoms with Crippen molar-refractivity contribution < 1.29 is 0 Å². The van der Waals surface area contributed by atoms with Crippen LogP contribution in [0, 0.1) is 0 Å². The lowest BCUT2D eigenvalue weighted by molar-refractivity contribution is 1.29.